The SMILES string of the molecule is CCc1cc(Oc2ncc(C(F)(F)F)cc2Cl)ccc1C1=C(O)CC(CCSc2ccc(C)cn2)CC1=O. The first kappa shape index (κ1) is 28.0. The molecule has 1 aliphatic rings. The van der Waals surface area contributed by atoms with Crippen LogP contribution in [0.2, 0.25) is 5.02 Å². The number of ether oxygens (including phenoxy) is 1. The van der Waals surface area contributed by atoms with E-state index >= 15 is 0 Å². The second kappa shape index (κ2) is 11.8. The molecule has 1 aliphatic carbocycles. The van der Waals surface area contributed by atoms with Crippen LogP contribution in [-0.2, 0) is 17.4 Å². The molecule has 1 atom stereocenters. The standard InChI is InChI=1S/C28H26ClF3N2O3S/c1-3-18-12-20(37-27-22(29)13-19(15-34-27)28(30,31)32)5-6-21(18)26-23(35)10-17(11-24(26)36)8-9-38-25-7-4-16(2)14-33-25/h4-7,12-15,17,35H,3,8-11H2,1-2H3. The summed E-state index contributed by atoms with van der Waals surface area (Å²) in [5, 5.41) is 11.5. The highest BCUT2D eigenvalue weighted by Gasteiger charge is 2.32. The van der Waals surface area contributed by atoms with Crippen LogP contribution in [0, 0.1) is 12.8 Å². The van der Waals surface area contributed by atoms with E-state index in [-0.39, 0.29) is 28.4 Å². The van der Waals surface area contributed by atoms with Crippen LogP contribution >= 0.6 is 23.4 Å². The summed E-state index contributed by atoms with van der Waals surface area (Å²) in [4.78, 5) is 21.2. The molecule has 2 heterocycles. The molecular formula is C28H26ClF3N2O3S. The number of benzene rings is 1. The molecular weight excluding hydrogens is 537 g/mol. The molecule has 2 aromatic heterocycles. The van der Waals surface area contributed by atoms with E-state index in [1.807, 2.05) is 32.2 Å². The van der Waals surface area contributed by atoms with Gasteiger partial charge in [0.1, 0.15) is 16.5 Å². The molecule has 4 rings (SSSR count). The Morgan fingerprint density at radius 2 is 1.92 bits per heavy atom. The molecule has 0 amide bonds. The Morgan fingerprint density at radius 1 is 1.13 bits per heavy atom. The van der Waals surface area contributed by atoms with Crippen molar-refractivity contribution in [1.29, 1.82) is 0 Å². The average Bonchev–Trinajstić information content (AvgIpc) is 2.86. The van der Waals surface area contributed by atoms with Crippen LogP contribution in [0.1, 0.15) is 48.4 Å². The fraction of sp³-hybridized carbons (Fsp3) is 0.321. The molecule has 10 heteroatoms. The largest absolute Gasteiger partial charge is 0.512 e. The number of aromatic nitrogens is 2. The molecule has 38 heavy (non-hydrogen) atoms. The molecule has 200 valence electrons. The lowest BCUT2D eigenvalue weighted by atomic mass is 9.81. The van der Waals surface area contributed by atoms with Gasteiger partial charge in [-0.25, -0.2) is 9.97 Å². The van der Waals surface area contributed by atoms with Crippen LogP contribution in [0.25, 0.3) is 5.57 Å². The second-order valence-electron chi connectivity index (χ2n) is 9.11. The minimum Gasteiger partial charge on any atom is -0.512 e. The topological polar surface area (TPSA) is 72.3 Å². The van der Waals surface area contributed by atoms with E-state index in [2.05, 4.69) is 9.97 Å². The molecule has 1 aromatic carbocycles. The highest BCUT2D eigenvalue weighted by atomic mass is 35.5. The molecule has 0 spiro atoms. The van der Waals surface area contributed by atoms with Crippen LogP contribution in [0.4, 0.5) is 13.2 Å². The molecule has 1 N–H and O–H groups in total. The number of allylic oxidation sites excluding steroid dienone is 2. The number of hydrogen-bond acceptors (Lipinski definition) is 6. The number of aryl methyl sites for hydroxylation is 2. The second-order valence-corrected chi connectivity index (χ2v) is 10.6. The van der Waals surface area contributed by atoms with Crippen molar-refractivity contribution < 1.29 is 27.8 Å². The first-order valence-electron chi connectivity index (χ1n) is 12.1. The van der Waals surface area contributed by atoms with Crippen molar-refractivity contribution in [3.63, 3.8) is 0 Å². The number of rotatable bonds is 8. The van der Waals surface area contributed by atoms with E-state index in [1.165, 1.54) is 0 Å². The van der Waals surface area contributed by atoms with Crippen molar-refractivity contribution in [2.75, 3.05) is 5.75 Å². The maximum Gasteiger partial charge on any atom is 0.417 e. The van der Waals surface area contributed by atoms with E-state index in [0.717, 1.165) is 34.4 Å². The summed E-state index contributed by atoms with van der Waals surface area (Å²) >= 11 is 7.59. The maximum absolute atomic E-state index is 13.1. The summed E-state index contributed by atoms with van der Waals surface area (Å²) in [6.45, 7) is 3.88. The average molecular weight is 563 g/mol. The Morgan fingerprint density at radius 3 is 2.55 bits per heavy atom. The Balaban J connectivity index is 1.46. The van der Waals surface area contributed by atoms with E-state index in [1.54, 1.807) is 30.0 Å². The van der Waals surface area contributed by atoms with Crippen LogP contribution in [0.3, 0.4) is 0 Å². The van der Waals surface area contributed by atoms with Gasteiger partial charge in [0, 0.05) is 25.2 Å². The van der Waals surface area contributed by atoms with Gasteiger partial charge < -0.3 is 9.84 Å². The first-order chi connectivity index (χ1) is 18.0. The number of aliphatic hydroxyl groups excluding tert-OH is 1. The number of carbonyl (C=O) groups is 1. The number of pyridine rings is 2. The van der Waals surface area contributed by atoms with Crippen molar-refractivity contribution in [2.24, 2.45) is 5.92 Å². The van der Waals surface area contributed by atoms with Gasteiger partial charge >= 0.3 is 6.18 Å². The lowest BCUT2D eigenvalue weighted by Crippen LogP contribution is -2.20. The van der Waals surface area contributed by atoms with Crippen molar-refractivity contribution in [3.8, 4) is 11.6 Å². The van der Waals surface area contributed by atoms with E-state index in [0.29, 0.717) is 42.3 Å². The molecule has 0 saturated carbocycles. The minimum atomic E-state index is -4.56. The molecule has 0 saturated heterocycles. The predicted octanol–water partition coefficient (Wildman–Crippen LogP) is 8.24. The molecule has 5 nitrogen and oxygen atoms in total. The number of hydrogen-bond donors (Lipinski definition) is 1. The minimum absolute atomic E-state index is 0.0461. The number of nitrogens with zero attached hydrogens (tertiary/aromatic N) is 2. The summed E-state index contributed by atoms with van der Waals surface area (Å²) in [6.07, 6.45) is -0.0184. The lowest BCUT2D eigenvalue weighted by Gasteiger charge is -2.24. The molecule has 3 aromatic rings. The van der Waals surface area contributed by atoms with Crippen molar-refractivity contribution in [2.45, 2.75) is 50.7 Å². The van der Waals surface area contributed by atoms with Crippen molar-refractivity contribution >= 4 is 34.7 Å². The summed E-state index contributed by atoms with van der Waals surface area (Å²) < 4.78 is 44.3. The van der Waals surface area contributed by atoms with Crippen molar-refractivity contribution in [3.05, 3.63) is 81.8 Å². The predicted molar refractivity (Wildman–Crippen MR) is 142 cm³/mol. The summed E-state index contributed by atoms with van der Waals surface area (Å²) in [7, 11) is 0. The fourth-order valence-electron chi connectivity index (χ4n) is 4.29. The molecule has 1 unspecified atom stereocenters. The third-order valence-corrected chi connectivity index (χ3v) is 7.51. The van der Waals surface area contributed by atoms with Gasteiger partial charge in [-0.2, -0.15) is 13.2 Å². The van der Waals surface area contributed by atoms with Gasteiger partial charge in [-0.15, -0.1) is 11.8 Å². The highest BCUT2D eigenvalue weighted by Crippen LogP contribution is 2.38. The molecule has 0 bridgehead atoms. The lowest BCUT2D eigenvalue weighted by molar-refractivity contribution is -0.137. The van der Waals surface area contributed by atoms with Gasteiger partial charge in [-0.1, -0.05) is 30.7 Å². The summed E-state index contributed by atoms with van der Waals surface area (Å²) in [5.74, 6) is 0.941. The third-order valence-electron chi connectivity index (χ3n) is 6.26. The monoisotopic (exact) mass is 562 g/mol. The number of Topliss-reactive ketones (excluding diaryl/α,β-unsaturated/α-hetero) is 1. The van der Waals surface area contributed by atoms with Crippen LogP contribution in [-0.4, -0.2) is 26.6 Å². The zero-order valence-corrected chi connectivity index (χ0v) is 22.4. The Bertz CT molecular complexity index is 1360. The van der Waals surface area contributed by atoms with Gasteiger partial charge in [-0.3, -0.25) is 4.79 Å². The smallest absolute Gasteiger partial charge is 0.417 e. The van der Waals surface area contributed by atoms with Gasteiger partial charge in [0.25, 0.3) is 0 Å². The van der Waals surface area contributed by atoms with Gasteiger partial charge in [-0.05, 0) is 72.4 Å². The van der Waals surface area contributed by atoms with E-state index in [4.69, 9.17) is 16.3 Å². The number of aliphatic hydroxyl groups is 1. The van der Waals surface area contributed by atoms with Crippen LogP contribution in [0.5, 0.6) is 11.6 Å². The molecule has 0 aliphatic heterocycles. The van der Waals surface area contributed by atoms with Crippen molar-refractivity contribution in [1.82, 2.24) is 9.97 Å². The number of ketones is 1. The Labute approximate surface area is 228 Å². The fourth-order valence-corrected chi connectivity index (χ4v) is 5.45. The normalized spacial score (nSPS) is 16.2. The Kier molecular flexibility index (Phi) is 8.67. The van der Waals surface area contributed by atoms with E-state index in [9.17, 15) is 23.1 Å². The summed E-state index contributed by atoms with van der Waals surface area (Å²) in [5.41, 5.74) is 1.80. The quantitative estimate of drug-likeness (QED) is 0.279. The maximum atomic E-state index is 13.1. The highest BCUT2D eigenvalue weighted by molar-refractivity contribution is 7.99. The van der Waals surface area contributed by atoms with E-state index < -0.39 is 11.7 Å². The molecule has 0 radical (unpaired) electrons. The van der Waals surface area contributed by atoms with Gasteiger partial charge in [0.15, 0.2) is 5.78 Å². The first-order valence-corrected chi connectivity index (χ1v) is 13.5. The van der Waals surface area contributed by atoms with Crippen LogP contribution < -0.4 is 4.74 Å². The van der Waals surface area contributed by atoms with Crippen LogP contribution in [0.15, 0.2) is 59.6 Å². The Hall–Kier alpha value is -3.04. The number of carbonyl (C=O) groups excluding carboxylic acids is 1. The number of halogens is 4. The van der Waals surface area contributed by atoms with Gasteiger partial charge in [0.2, 0.25) is 5.88 Å². The zero-order chi connectivity index (χ0) is 27.4. The number of thioether (sulfide) groups is 1. The molecule has 0 fully saturated rings. The number of alkyl halides is 3. The van der Waals surface area contributed by atoms with Gasteiger partial charge in [0.05, 0.1) is 16.2 Å². The zero-order valence-electron chi connectivity index (χ0n) is 20.8. The summed E-state index contributed by atoms with van der Waals surface area (Å²) in [6, 6.07) is 9.67. The third kappa shape index (κ3) is 6.69.